The number of rotatable bonds is 4. The lowest BCUT2D eigenvalue weighted by molar-refractivity contribution is 0.172. The highest BCUT2D eigenvalue weighted by Crippen LogP contribution is 2.38. The summed E-state index contributed by atoms with van der Waals surface area (Å²) in [6.07, 6.45) is 11.8. The monoisotopic (exact) mass is 277 g/mol. The summed E-state index contributed by atoms with van der Waals surface area (Å²) in [5.74, 6) is 0.449. The van der Waals surface area contributed by atoms with E-state index in [1.165, 1.54) is 37.8 Å². The summed E-state index contributed by atoms with van der Waals surface area (Å²) in [6.45, 7) is 5.12. The number of nitrogens with two attached hydrogens (primary N) is 1. The van der Waals surface area contributed by atoms with Crippen molar-refractivity contribution in [1.82, 2.24) is 9.55 Å². The van der Waals surface area contributed by atoms with E-state index in [9.17, 15) is 0 Å². The third-order valence-electron chi connectivity index (χ3n) is 5.17. The van der Waals surface area contributed by atoms with Gasteiger partial charge in [-0.2, -0.15) is 0 Å². The van der Waals surface area contributed by atoms with Crippen LogP contribution in [0.5, 0.6) is 0 Å². The van der Waals surface area contributed by atoms with Crippen molar-refractivity contribution in [1.29, 1.82) is 0 Å². The number of hydrogen-bond acceptors (Lipinski definition) is 3. The molecule has 2 atom stereocenters. The maximum absolute atomic E-state index is 6.45. The van der Waals surface area contributed by atoms with Gasteiger partial charge in [-0.15, -0.1) is 0 Å². The van der Waals surface area contributed by atoms with Gasteiger partial charge >= 0.3 is 0 Å². The maximum atomic E-state index is 6.45. The molecule has 1 aliphatic carbocycles. The average molecular weight is 277 g/mol. The third kappa shape index (κ3) is 2.91. The van der Waals surface area contributed by atoms with Gasteiger partial charge in [0.2, 0.25) is 0 Å². The topological polar surface area (TPSA) is 53.1 Å². The Morgan fingerprint density at radius 1 is 1.45 bits per heavy atom. The maximum Gasteiger partial charge on any atom is 0.0948 e. The number of ether oxygens (including phenoxy) is 1. The molecular formula is C16H27N3O. The van der Waals surface area contributed by atoms with Crippen LogP contribution in [0.3, 0.4) is 0 Å². The zero-order chi connectivity index (χ0) is 14.0. The smallest absolute Gasteiger partial charge is 0.0948 e. The van der Waals surface area contributed by atoms with Crippen LogP contribution in [0.1, 0.15) is 57.2 Å². The summed E-state index contributed by atoms with van der Waals surface area (Å²) < 4.78 is 7.78. The Balaban J connectivity index is 1.72. The van der Waals surface area contributed by atoms with Crippen molar-refractivity contribution in [3.63, 3.8) is 0 Å². The third-order valence-corrected chi connectivity index (χ3v) is 5.17. The molecule has 2 heterocycles. The summed E-state index contributed by atoms with van der Waals surface area (Å²) in [4.78, 5) is 4.35. The van der Waals surface area contributed by atoms with Crippen LogP contribution in [-0.4, -0.2) is 22.8 Å². The van der Waals surface area contributed by atoms with Gasteiger partial charge in [-0.1, -0.05) is 26.2 Å². The fourth-order valence-corrected chi connectivity index (χ4v) is 3.79. The van der Waals surface area contributed by atoms with E-state index in [0.29, 0.717) is 11.3 Å². The summed E-state index contributed by atoms with van der Waals surface area (Å²) >= 11 is 0. The van der Waals surface area contributed by atoms with Crippen LogP contribution in [0.15, 0.2) is 12.5 Å². The van der Waals surface area contributed by atoms with Crippen molar-refractivity contribution in [2.45, 2.75) is 58.0 Å². The second kappa shape index (κ2) is 5.86. The number of hydrogen-bond donors (Lipinski definition) is 1. The summed E-state index contributed by atoms with van der Waals surface area (Å²) in [5.41, 5.74) is 8.06. The number of imidazole rings is 1. The number of aromatic nitrogens is 2. The molecule has 112 valence electrons. The van der Waals surface area contributed by atoms with Gasteiger partial charge in [0.15, 0.2) is 0 Å². The summed E-state index contributed by atoms with van der Waals surface area (Å²) in [7, 11) is 0. The summed E-state index contributed by atoms with van der Waals surface area (Å²) in [6, 6.07) is 0.0622. The van der Waals surface area contributed by atoms with Gasteiger partial charge in [-0.3, -0.25) is 0 Å². The number of nitrogens with zero attached hydrogens (tertiary/aromatic N) is 2. The second-order valence-corrected chi connectivity index (χ2v) is 6.97. The molecule has 4 nitrogen and oxygen atoms in total. The quantitative estimate of drug-likeness (QED) is 0.920. The lowest BCUT2D eigenvalue weighted by Crippen LogP contribution is -2.30. The van der Waals surface area contributed by atoms with Gasteiger partial charge in [-0.25, -0.2) is 4.98 Å². The van der Waals surface area contributed by atoms with Crippen LogP contribution < -0.4 is 5.73 Å². The molecule has 0 amide bonds. The fourth-order valence-electron chi connectivity index (χ4n) is 3.79. The van der Waals surface area contributed by atoms with Gasteiger partial charge in [0.1, 0.15) is 0 Å². The van der Waals surface area contributed by atoms with Crippen molar-refractivity contribution in [2.24, 2.45) is 17.1 Å². The van der Waals surface area contributed by atoms with Gasteiger partial charge < -0.3 is 15.0 Å². The molecule has 20 heavy (non-hydrogen) atoms. The lowest BCUT2D eigenvalue weighted by Gasteiger charge is -2.35. The Morgan fingerprint density at radius 3 is 2.95 bits per heavy atom. The van der Waals surface area contributed by atoms with Crippen molar-refractivity contribution in [3.8, 4) is 0 Å². The van der Waals surface area contributed by atoms with Crippen LogP contribution in [0.4, 0.5) is 0 Å². The van der Waals surface area contributed by atoms with E-state index >= 15 is 0 Å². The molecule has 3 rings (SSSR count). The Hall–Kier alpha value is -0.870. The SMILES string of the molecule is CC1(Cn2cncc2C(N)C2CCOC2)CCCCC1. The van der Waals surface area contributed by atoms with Gasteiger partial charge in [0.05, 0.1) is 24.7 Å². The van der Waals surface area contributed by atoms with Crippen molar-refractivity contribution >= 4 is 0 Å². The standard InChI is InChI=1S/C16H27N3O/c1-16(6-3-2-4-7-16)11-19-12-18-9-14(19)15(17)13-5-8-20-10-13/h9,12-13,15H,2-8,10-11,17H2,1H3. The Bertz CT molecular complexity index is 431. The molecule has 1 saturated heterocycles. The molecule has 0 bridgehead atoms. The van der Waals surface area contributed by atoms with Crippen LogP contribution in [0.2, 0.25) is 0 Å². The fraction of sp³-hybridized carbons (Fsp3) is 0.812. The average Bonchev–Trinajstić information content (AvgIpc) is 3.09. The lowest BCUT2D eigenvalue weighted by atomic mass is 9.75. The molecule has 1 aromatic heterocycles. The van der Waals surface area contributed by atoms with Gasteiger partial charge in [0.25, 0.3) is 0 Å². The molecule has 0 radical (unpaired) electrons. The highest BCUT2D eigenvalue weighted by atomic mass is 16.5. The molecule has 1 aliphatic heterocycles. The van der Waals surface area contributed by atoms with E-state index < -0.39 is 0 Å². The van der Waals surface area contributed by atoms with Crippen LogP contribution in [0.25, 0.3) is 0 Å². The predicted molar refractivity (Wildman–Crippen MR) is 79.3 cm³/mol. The Kier molecular flexibility index (Phi) is 4.13. The first-order valence-corrected chi connectivity index (χ1v) is 8.01. The molecule has 2 unspecified atom stereocenters. The molecule has 4 heteroatoms. The Labute approximate surface area is 121 Å². The van der Waals surface area contributed by atoms with E-state index in [1.54, 1.807) is 0 Å². The van der Waals surface area contributed by atoms with Crippen molar-refractivity contribution in [3.05, 3.63) is 18.2 Å². The summed E-state index contributed by atoms with van der Waals surface area (Å²) in [5, 5.41) is 0. The van der Waals surface area contributed by atoms with E-state index in [0.717, 1.165) is 26.2 Å². The zero-order valence-corrected chi connectivity index (χ0v) is 12.6. The first kappa shape index (κ1) is 14.1. The molecule has 2 fully saturated rings. The molecule has 0 spiro atoms. The predicted octanol–water partition coefficient (Wildman–Crippen LogP) is 2.89. The Morgan fingerprint density at radius 2 is 2.25 bits per heavy atom. The van der Waals surface area contributed by atoms with E-state index in [-0.39, 0.29) is 6.04 Å². The van der Waals surface area contributed by atoms with Gasteiger partial charge in [0, 0.05) is 25.3 Å². The van der Waals surface area contributed by atoms with E-state index in [2.05, 4.69) is 16.5 Å². The second-order valence-electron chi connectivity index (χ2n) is 6.97. The highest BCUT2D eigenvalue weighted by molar-refractivity contribution is 5.07. The minimum absolute atomic E-state index is 0.0622. The minimum atomic E-state index is 0.0622. The highest BCUT2D eigenvalue weighted by Gasteiger charge is 2.30. The molecule has 0 aromatic carbocycles. The van der Waals surface area contributed by atoms with Crippen LogP contribution in [0, 0.1) is 11.3 Å². The van der Waals surface area contributed by atoms with Crippen LogP contribution >= 0.6 is 0 Å². The zero-order valence-electron chi connectivity index (χ0n) is 12.6. The first-order valence-electron chi connectivity index (χ1n) is 8.01. The van der Waals surface area contributed by atoms with E-state index in [1.807, 2.05) is 12.5 Å². The molecular weight excluding hydrogens is 250 g/mol. The normalized spacial score (nSPS) is 27.6. The molecule has 2 aliphatic rings. The largest absolute Gasteiger partial charge is 0.381 e. The van der Waals surface area contributed by atoms with Crippen molar-refractivity contribution < 1.29 is 4.74 Å². The molecule has 2 N–H and O–H groups in total. The minimum Gasteiger partial charge on any atom is -0.381 e. The van der Waals surface area contributed by atoms with Crippen LogP contribution in [-0.2, 0) is 11.3 Å². The van der Waals surface area contributed by atoms with Crippen molar-refractivity contribution in [2.75, 3.05) is 13.2 Å². The molecule has 1 saturated carbocycles. The van der Waals surface area contributed by atoms with E-state index in [4.69, 9.17) is 10.5 Å². The van der Waals surface area contributed by atoms with Gasteiger partial charge in [-0.05, 0) is 24.7 Å². The molecule has 1 aromatic rings. The first-order chi connectivity index (χ1) is 9.68.